The number of anilines is 1. The highest BCUT2D eigenvalue weighted by molar-refractivity contribution is 6.00. The highest BCUT2D eigenvalue weighted by Gasteiger charge is 2.38. The lowest BCUT2D eigenvalue weighted by molar-refractivity contribution is -0.192. The molecule has 4 N–H and O–H groups in total. The van der Waals surface area contributed by atoms with Crippen molar-refractivity contribution in [2.75, 3.05) is 11.9 Å². The summed E-state index contributed by atoms with van der Waals surface area (Å²) in [5.41, 5.74) is 6.85. The number of halogens is 3. The molecule has 0 radical (unpaired) electrons. The van der Waals surface area contributed by atoms with Gasteiger partial charge >= 0.3 is 12.1 Å². The van der Waals surface area contributed by atoms with Crippen molar-refractivity contribution in [3.63, 3.8) is 0 Å². The lowest BCUT2D eigenvalue weighted by atomic mass is 10.1. The molecule has 11 heteroatoms. The molecule has 1 aromatic carbocycles. The zero-order valence-electron chi connectivity index (χ0n) is 19.4. The molecule has 1 aliphatic rings. The van der Waals surface area contributed by atoms with Crippen LogP contribution in [-0.2, 0) is 16.0 Å². The zero-order valence-corrected chi connectivity index (χ0v) is 19.4. The molecule has 8 nitrogen and oxygen atoms in total. The maximum Gasteiger partial charge on any atom is 0.490 e. The van der Waals surface area contributed by atoms with Gasteiger partial charge < -0.3 is 20.7 Å². The van der Waals surface area contributed by atoms with Gasteiger partial charge in [-0.2, -0.15) is 13.2 Å². The van der Waals surface area contributed by atoms with Crippen molar-refractivity contribution in [1.82, 2.24) is 15.3 Å². The molecular formula is C25H23F3N4O4. The summed E-state index contributed by atoms with van der Waals surface area (Å²) in [6, 6.07) is 13.4. The number of hydrogen-bond acceptors (Lipinski definition) is 4. The fourth-order valence-corrected chi connectivity index (χ4v) is 3.40. The highest BCUT2D eigenvalue weighted by atomic mass is 19.4. The molecule has 188 valence electrons. The van der Waals surface area contributed by atoms with Crippen LogP contribution in [0.5, 0.6) is 0 Å². The normalized spacial score (nSPS) is 12.4. The maximum atomic E-state index is 12.0. The third-order valence-electron chi connectivity index (χ3n) is 4.96. The number of carbonyl (C=O) groups excluding carboxylic acids is 2. The van der Waals surface area contributed by atoms with Crippen molar-refractivity contribution in [3.8, 4) is 22.5 Å². The van der Waals surface area contributed by atoms with Crippen LogP contribution in [0, 0.1) is 0 Å². The first-order chi connectivity index (χ1) is 16.9. The van der Waals surface area contributed by atoms with Crippen molar-refractivity contribution in [2.45, 2.75) is 26.4 Å². The minimum Gasteiger partial charge on any atom is -0.475 e. The largest absolute Gasteiger partial charge is 0.490 e. The predicted molar refractivity (Wildman–Crippen MR) is 127 cm³/mol. The first-order valence-corrected chi connectivity index (χ1v) is 10.8. The number of rotatable bonds is 4. The van der Waals surface area contributed by atoms with Gasteiger partial charge in [-0.1, -0.05) is 17.7 Å². The van der Waals surface area contributed by atoms with E-state index in [-0.39, 0.29) is 11.8 Å². The van der Waals surface area contributed by atoms with Crippen LogP contribution in [0.15, 0.2) is 60.3 Å². The first-order valence-electron chi connectivity index (χ1n) is 10.8. The maximum absolute atomic E-state index is 12.0. The highest BCUT2D eigenvalue weighted by Crippen LogP contribution is 2.28. The van der Waals surface area contributed by atoms with Crippen molar-refractivity contribution in [3.05, 3.63) is 71.6 Å². The number of H-pyrrole nitrogens is 1. The number of carbonyl (C=O) groups is 3. The third-order valence-corrected chi connectivity index (χ3v) is 4.96. The van der Waals surface area contributed by atoms with Crippen LogP contribution in [0.1, 0.15) is 29.9 Å². The fourth-order valence-electron chi connectivity index (χ4n) is 3.40. The van der Waals surface area contributed by atoms with Gasteiger partial charge in [-0.3, -0.25) is 14.6 Å². The van der Waals surface area contributed by atoms with Gasteiger partial charge in [0.2, 0.25) is 5.91 Å². The SMILES string of the molecule is CC(C)=CC(=O)Nc1cccc(-c2cc(-c3cc4c([nH]3)CCNC4=O)ccn2)c1.O=C(O)C(F)(F)F. The van der Waals surface area contributed by atoms with Crippen molar-refractivity contribution in [2.24, 2.45) is 0 Å². The van der Waals surface area contributed by atoms with Gasteiger partial charge in [0.15, 0.2) is 0 Å². The molecule has 3 aromatic rings. The van der Waals surface area contributed by atoms with Gasteiger partial charge in [-0.05, 0) is 44.2 Å². The molecule has 4 rings (SSSR count). The topological polar surface area (TPSA) is 124 Å². The van der Waals surface area contributed by atoms with Crippen LogP contribution in [0.25, 0.3) is 22.5 Å². The summed E-state index contributed by atoms with van der Waals surface area (Å²) in [4.78, 5) is 40.8. The van der Waals surface area contributed by atoms with Crippen molar-refractivity contribution in [1.29, 1.82) is 0 Å². The summed E-state index contributed by atoms with van der Waals surface area (Å²) in [5, 5.41) is 12.9. The predicted octanol–water partition coefficient (Wildman–Crippen LogP) is 4.57. The van der Waals surface area contributed by atoms with E-state index in [0.717, 1.165) is 40.2 Å². The number of nitrogens with one attached hydrogen (secondary N) is 3. The Hall–Kier alpha value is -4.41. The number of carboxylic acids is 1. The number of alkyl halides is 3. The molecule has 0 saturated heterocycles. The van der Waals surface area contributed by atoms with Crippen LogP contribution >= 0.6 is 0 Å². The average molecular weight is 500 g/mol. The summed E-state index contributed by atoms with van der Waals surface area (Å²) < 4.78 is 31.7. The number of aromatic nitrogens is 2. The van der Waals surface area contributed by atoms with Gasteiger partial charge in [0.05, 0.1) is 11.3 Å². The third kappa shape index (κ3) is 6.81. The quantitative estimate of drug-likeness (QED) is 0.391. The van der Waals surface area contributed by atoms with Crippen LogP contribution in [0.4, 0.5) is 18.9 Å². The van der Waals surface area contributed by atoms with E-state index < -0.39 is 12.1 Å². The Morgan fingerprint density at radius 2 is 1.83 bits per heavy atom. The summed E-state index contributed by atoms with van der Waals surface area (Å²) in [6.07, 6.45) is -0.972. The second kappa shape index (κ2) is 10.9. The monoisotopic (exact) mass is 500 g/mol. The lowest BCUT2D eigenvalue weighted by Gasteiger charge is -2.11. The molecule has 1 aliphatic heterocycles. The Bertz CT molecular complexity index is 1320. The second-order valence-electron chi connectivity index (χ2n) is 8.11. The Kier molecular flexibility index (Phi) is 7.93. The molecule has 0 unspecified atom stereocenters. The summed E-state index contributed by atoms with van der Waals surface area (Å²) in [6.45, 7) is 4.42. The number of fused-ring (bicyclic) bond motifs is 1. The molecule has 0 atom stereocenters. The Balaban J connectivity index is 0.000000454. The number of carboxylic acid groups (broad SMARTS) is 1. The number of benzene rings is 1. The summed E-state index contributed by atoms with van der Waals surface area (Å²) in [7, 11) is 0. The average Bonchev–Trinajstić information content (AvgIpc) is 3.24. The van der Waals surface area contributed by atoms with Gasteiger partial charge in [-0.25, -0.2) is 4.79 Å². The van der Waals surface area contributed by atoms with E-state index in [1.807, 2.05) is 56.3 Å². The van der Waals surface area contributed by atoms with E-state index in [4.69, 9.17) is 9.90 Å². The Morgan fingerprint density at radius 1 is 1.11 bits per heavy atom. The van der Waals surface area contributed by atoms with E-state index >= 15 is 0 Å². The van der Waals surface area contributed by atoms with Crippen molar-refractivity contribution >= 4 is 23.5 Å². The van der Waals surface area contributed by atoms with E-state index in [0.29, 0.717) is 17.8 Å². The number of hydrogen-bond donors (Lipinski definition) is 4. The molecule has 3 heterocycles. The van der Waals surface area contributed by atoms with Gasteiger partial charge in [0, 0.05) is 53.4 Å². The van der Waals surface area contributed by atoms with E-state index in [1.165, 1.54) is 0 Å². The zero-order chi connectivity index (χ0) is 26.5. The number of aromatic amines is 1. The Morgan fingerprint density at radius 3 is 2.47 bits per heavy atom. The number of amides is 2. The second-order valence-corrected chi connectivity index (χ2v) is 8.11. The van der Waals surface area contributed by atoms with Crippen LogP contribution in [0.2, 0.25) is 0 Å². The fraction of sp³-hybridized carbons (Fsp3) is 0.200. The lowest BCUT2D eigenvalue weighted by Crippen LogP contribution is -2.31. The standard InChI is InChI=1S/C23H22N4O2.C2HF3O2/c1-14(2)10-22(28)26-17-5-3-4-15(11-17)20-12-16(6-8-24-20)21-13-18-19(27-21)7-9-25-23(18)29;3-2(4,5)1(6)7/h3-6,8,10-13,27H,7,9H2,1-2H3,(H,25,29)(H,26,28);(H,6,7). The molecule has 2 aromatic heterocycles. The molecule has 0 bridgehead atoms. The molecule has 0 aliphatic carbocycles. The molecule has 0 fully saturated rings. The van der Waals surface area contributed by atoms with Gasteiger partial charge in [-0.15, -0.1) is 0 Å². The Labute approximate surface area is 204 Å². The van der Waals surface area contributed by atoms with Crippen LogP contribution in [-0.4, -0.2) is 45.6 Å². The minimum atomic E-state index is -5.08. The number of pyridine rings is 1. The van der Waals surface area contributed by atoms with Crippen LogP contribution < -0.4 is 10.6 Å². The summed E-state index contributed by atoms with van der Waals surface area (Å²) in [5.74, 6) is -2.95. The summed E-state index contributed by atoms with van der Waals surface area (Å²) >= 11 is 0. The number of nitrogens with zero attached hydrogens (tertiary/aromatic N) is 1. The molecule has 36 heavy (non-hydrogen) atoms. The van der Waals surface area contributed by atoms with Gasteiger partial charge in [0.25, 0.3) is 5.91 Å². The van der Waals surface area contributed by atoms with E-state index in [2.05, 4.69) is 20.6 Å². The molecular weight excluding hydrogens is 477 g/mol. The minimum absolute atomic E-state index is 0.0390. The van der Waals surface area contributed by atoms with E-state index in [1.54, 1.807) is 12.3 Å². The molecule has 2 amide bonds. The van der Waals surface area contributed by atoms with E-state index in [9.17, 15) is 22.8 Å². The number of allylic oxidation sites excluding steroid dienone is 1. The molecule has 0 saturated carbocycles. The van der Waals surface area contributed by atoms with Crippen LogP contribution in [0.3, 0.4) is 0 Å². The number of aliphatic carboxylic acids is 1. The van der Waals surface area contributed by atoms with Gasteiger partial charge in [0.1, 0.15) is 0 Å². The van der Waals surface area contributed by atoms with Crippen molar-refractivity contribution < 1.29 is 32.7 Å². The molecule has 0 spiro atoms. The first kappa shape index (κ1) is 26.2. The smallest absolute Gasteiger partial charge is 0.475 e.